The Kier molecular flexibility index (Phi) is 5.85. The minimum absolute atomic E-state index is 0.00887. The van der Waals surface area contributed by atoms with Gasteiger partial charge in [0.15, 0.2) is 5.82 Å². The highest BCUT2D eigenvalue weighted by atomic mass is 16.1. The summed E-state index contributed by atoms with van der Waals surface area (Å²) in [6.07, 6.45) is 4.38. The smallest absolute Gasteiger partial charge is 0.293 e. The van der Waals surface area contributed by atoms with Gasteiger partial charge in [-0.05, 0) is 25.8 Å². The Morgan fingerprint density at radius 1 is 1.50 bits per heavy atom. The first-order chi connectivity index (χ1) is 8.63. The average Bonchev–Trinajstić information content (AvgIpc) is 2.38. The summed E-state index contributed by atoms with van der Waals surface area (Å²) in [5.41, 5.74) is 5.63. The van der Waals surface area contributed by atoms with Crippen molar-refractivity contribution < 1.29 is 0 Å². The topological polar surface area (TPSA) is 64.2 Å². The monoisotopic (exact) mass is 252 g/mol. The van der Waals surface area contributed by atoms with Gasteiger partial charge in [-0.15, -0.1) is 0 Å². The molecule has 5 heteroatoms. The molecule has 0 saturated carbocycles. The average molecular weight is 252 g/mol. The molecular weight excluding hydrogens is 228 g/mol. The number of nitrogens with two attached hydrogens (primary N) is 1. The summed E-state index contributed by atoms with van der Waals surface area (Å²) in [4.78, 5) is 18.5. The summed E-state index contributed by atoms with van der Waals surface area (Å²) < 4.78 is 1.72. The lowest BCUT2D eigenvalue weighted by Gasteiger charge is -2.24. The highest BCUT2D eigenvalue weighted by Gasteiger charge is 2.14. The third-order valence-electron chi connectivity index (χ3n) is 2.98. The molecule has 0 fully saturated rings. The third kappa shape index (κ3) is 3.57. The Labute approximate surface area is 109 Å². The van der Waals surface area contributed by atoms with Crippen molar-refractivity contribution >= 4 is 5.82 Å². The molecule has 2 N–H and O–H groups in total. The number of aryl methyl sites for hydroxylation is 1. The molecule has 1 rings (SSSR count). The minimum atomic E-state index is -0.00887. The maximum Gasteiger partial charge on any atom is 0.293 e. The molecule has 1 aromatic heterocycles. The summed E-state index contributed by atoms with van der Waals surface area (Å²) in [5.74, 6) is 0.889. The Morgan fingerprint density at radius 3 is 2.78 bits per heavy atom. The number of aromatic nitrogens is 2. The van der Waals surface area contributed by atoms with Gasteiger partial charge in [0.1, 0.15) is 0 Å². The maximum absolute atomic E-state index is 12.3. The summed E-state index contributed by atoms with van der Waals surface area (Å²) in [6.45, 7) is 9.05. The number of hydrogen-bond acceptors (Lipinski definition) is 4. The van der Waals surface area contributed by atoms with Crippen LogP contribution in [0.5, 0.6) is 0 Å². The Hall–Kier alpha value is -1.36. The lowest BCUT2D eigenvalue weighted by Crippen LogP contribution is -2.37. The highest BCUT2D eigenvalue weighted by Crippen LogP contribution is 2.06. The zero-order valence-electron chi connectivity index (χ0n) is 11.6. The number of rotatable bonds is 7. The highest BCUT2D eigenvalue weighted by molar-refractivity contribution is 5.35. The van der Waals surface area contributed by atoms with Crippen LogP contribution in [0.2, 0.25) is 0 Å². The van der Waals surface area contributed by atoms with Crippen molar-refractivity contribution in [2.75, 3.05) is 24.5 Å². The molecule has 5 nitrogen and oxygen atoms in total. The van der Waals surface area contributed by atoms with Crippen molar-refractivity contribution in [3.63, 3.8) is 0 Å². The first kappa shape index (κ1) is 14.7. The molecule has 0 aromatic carbocycles. The van der Waals surface area contributed by atoms with Gasteiger partial charge in [-0.2, -0.15) is 0 Å². The van der Waals surface area contributed by atoms with E-state index in [1.807, 2.05) is 11.8 Å². The molecule has 0 amide bonds. The zero-order valence-corrected chi connectivity index (χ0v) is 11.6. The predicted octanol–water partition coefficient (Wildman–Crippen LogP) is 1.07. The van der Waals surface area contributed by atoms with E-state index in [-0.39, 0.29) is 5.56 Å². The molecule has 1 heterocycles. The second-order valence-corrected chi connectivity index (χ2v) is 4.63. The van der Waals surface area contributed by atoms with Gasteiger partial charge < -0.3 is 15.2 Å². The fraction of sp³-hybridized carbons (Fsp3) is 0.692. The summed E-state index contributed by atoms with van der Waals surface area (Å²) in [6, 6.07) is 0. The van der Waals surface area contributed by atoms with E-state index in [0.717, 1.165) is 26.1 Å². The summed E-state index contributed by atoms with van der Waals surface area (Å²) in [5, 5.41) is 0. The molecule has 1 atom stereocenters. The van der Waals surface area contributed by atoms with Crippen LogP contribution in [0, 0.1) is 5.92 Å². The fourth-order valence-electron chi connectivity index (χ4n) is 1.89. The molecule has 1 aromatic rings. The van der Waals surface area contributed by atoms with E-state index in [0.29, 0.717) is 18.3 Å². The van der Waals surface area contributed by atoms with Crippen molar-refractivity contribution in [1.29, 1.82) is 0 Å². The quantitative estimate of drug-likeness (QED) is 0.788. The van der Waals surface area contributed by atoms with Gasteiger partial charge in [0, 0.05) is 32.0 Å². The van der Waals surface area contributed by atoms with E-state index in [9.17, 15) is 4.79 Å². The van der Waals surface area contributed by atoms with Crippen LogP contribution in [0.1, 0.15) is 27.2 Å². The molecule has 0 bridgehead atoms. The first-order valence-corrected chi connectivity index (χ1v) is 6.64. The molecule has 18 heavy (non-hydrogen) atoms. The predicted molar refractivity (Wildman–Crippen MR) is 74.9 cm³/mol. The second kappa shape index (κ2) is 7.16. The van der Waals surface area contributed by atoms with Crippen LogP contribution in [0.15, 0.2) is 17.2 Å². The van der Waals surface area contributed by atoms with E-state index in [2.05, 4.69) is 18.8 Å². The van der Waals surface area contributed by atoms with Crippen LogP contribution >= 0.6 is 0 Å². The van der Waals surface area contributed by atoms with E-state index in [1.54, 1.807) is 17.0 Å². The van der Waals surface area contributed by atoms with Gasteiger partial charge in [-0.3, -0.25) is 4.79 Å². The fourth-order valence-corrected chi connectivity index (χ4v) is 1.89. The zero-order chi connectivity index (χ0) is 13.5. The van der Waals surface area contributed by atoms with Crippen LogP contribution < -0.4 is 16.2 Å². The standard InChI is InChI=1S/C13H24N4O/c1-4-7-17-8-6-15-12(13(17)18)16(5-2)10-11(3)9-14/h6,8,11H,4-5,7,9-10,14H2,1-3H3. The maximum atomic E-state index is 12.3. The lowest BCUT2D eigenvalue weighted by molar-refractivity contribution is 0.566. The van der Waals surface area contributed by atoms with Crippen molar-refractivity contribution in [3.05, 3.63) is 22.7 Å². The van der Waals surface area contributed by atoms with Crippen LogP contribution in [0.3, 0.4) is 0 Å². The van der Waals surface area contributed by atoms with Crippen LogP contribution in [0.4, 0.5) is 5.82 Å². The van der Waals surface area contributed by atoms with Gasteiger partial charge in [-0.1, -0.05) is 13.8 Å². The lowest BCUT2D eigenvalue weighted by atomic mass is 10.1. The molecule has 0 radical (unpaired) electrons. The molecule has 0 aliphatic heterocycles. The van der Waals surface area contributed by atoms with Crippen molar-refractivity contribution in [3.8, 4) is 0 Å². The van der Waals surface area contributed by atoms with Gasteiger partial charge in [0.2, 0.25) is 0 Å². The van der Waals surface area contributed by atoms with Gasteiger partial charge in [0.05, 0.1) is 0 Å². The normalized spacial score (nSPS) is 12.4. The van der Waals surface area contributed by atoms with Crippen LogP contribution in [-0.2, 0) is 6.54 Å². The Bertz CT molecular complexity index is 416. The van der Waals surface area contributed by atoms with Crippen molar-refractivity contribution in [1.82, 2.24) is 9.55 Å². The van der Waals surface area contributed by atoms with E-state index in [1.165, 1.54) is 0 Å². The number of nitrogens with zero attached hydrogens (tertiary/aromatic N) is 3. The molecule has 102 valence electrons. The summed E-state index contributed by atoms with van der Waals surface area (Å²) >= 11 is 0. The largest absolute Gasteiger partial charge is 0.352 e. The van der Waals surface area contributed by atoms with Crippen LogP contribution in [-0.4, -0.2) is 29.2 Å². The molecule has 0 spiro atoms. The van der Waals surface area contributed by atoms with E-state index in [4.69, 9.17) is 5.73 Å². The molecule has 1 unspecified atom stereocenters. The SMILES string of the molecule is CCCn1ccnc(N(CC)CC(C)CN)c1=O. The van der Waals surface area contributed by atoms with Gasteiger partial charge in [-0.25, -0.2) is 4.98 Å². The third-order valence-corrected chi connectivity index (χ3v) is 2.98. The molecular formula is C13H24N4O. The van der Waals surface area contributed by atoms with Crippen molar-refractivity contribution in [2.24, 2.45) is 11.7 Å². The minimum Gasteiger partial charge on any atom is -0.352 e. The number of anilines is 1. The van der Waals surface area contributed by atoms with Crippen LogP contribution in [0.25, 0.3) is 0 Å². The molecule has 0 aliphatic carbocycles. The van der Waals surface area contributed by atoms with Gasteiger partial charge in [0.25, 0.3) is 5.56 Å². The van der Waals surface area contributed by atoms with Crippen molar-refractivity contribution in [2.45, 2.75) is 33.7 Å². The Balaban J connectivity index is 2.99. The number of hydrogen-bond donors (Lipinski definition) is 1. The van der Waals surface area contributed by atoms with Gasteiger partial charge >= 0.3 is 0 Å². The first-order valence-electron chi connectivity index (χ1n) is 6.64. The molecule has 0 saturated heterocycles. The van der Waals surface area contributed by atoms with E-state index < -0.39 is 0 Å². The second-order valence-electron chi connectivity index (χ2n) is 4.63. The van der Waals surface area contributed by atoms with E-state index >= 15 is 0 Å². The summed E-state index contributed by atoms with van der Waals surface area (Å²) in [7, 11) is 0. The molecule has 0 aliphatic rings. The Morgan fingerprint density at radius 2 is 2.22 bits per heavy atom.